The maximum absolute atomic E-state index is 13.9. The number of nitrogens with one attached hydrogen (secondary N) is 3. The molecule has 12 rings (SSSR count). The lowest BCUT2D eigenvalue weighted by Gasteiger charge is -2.44. The topological polar surface area (TPSA) is 248 Å². The van der Waals surface area contributed by atoms with Crippen LogP contribution in [0.3, 0.4) is 0 Å². The highest BCUT2D eigenvalue weighted by atomic mass is 35.5. The number of ether oxygens (including phenoxy) is 3. The number of carbonyl (C=O) groups excluding carboxylic acids is 7. The minimum atomic E-state index is -0.691. The molecule has 3 saturated heterocycles. The van der Waals surface area contributed by atoms with Crippen molar-refractivity contribution in [1.82, 2.24) is 59.2 Å². The van der Waals surface area contributed by atoms with Crippen LogP contribution in [0, 0.1) is 0 Å². The first kappa shape index (κ1) is 82.6. The molecule has 0 saturated carbocycles. The van der Waals surface area contributed by atoms with Crippen molar-refractivity contribution in [1.29, 1.82) is 0 Å². The zero-order valence-corrected chi connectivity index (χ0v) is 66.7. The number of hydrogen-bond donors (Lipinski definition) is 4. The van der Waals surface area contributed by atoms with Gasteiger partial charge in [0.15, 0.2) is 0 Å². The van der Waals surface area contributed by atoms with Crippen LogP contribution >= 0.6 is 34.8 Å². The van der Waals surface area contributed by atoms with Crippen molar-refractivity contribution in [2.75, 3.05) is 107 Å². The number of nitrogens with two attached hydrogens (primary N) is 1. The summed E-state index contributed by atoms with van der Waals surface area (Å²) in [5.74, 6) is 4.65. The van der Waals surface area contributed by atoms with E-state index in [1.807, 2.05) is 148 Å². The maximum Gasteiger partial charge on any atom is 0.294 e. The summed E-state index contributed by atoms with van der Waals surface area (Å²) in [4.78, 5) is 113. The maximum atomic E-state index is 13.9. The summed E-state index contributed by atoms with van der Waals surface area (Å²) in [5, 5.41) is 6.88. The van der Waals surface area contributed by atoms with Gasteiger partial charge in [-0.15, -0.1) is 0 Å². The average molecular weight is 1540 g/mol. The number of hydrogen-bond acceptors (Lipinski definition) is 15. The number of halogens is 3. The molecular weight excluding hydrogens is 1430 g/mol. The summed E-state index contributed by atoms with van der Waals surface area (Å²) < 4.78 is 18.8. The van der Waals surface area contributed by atoms with Crippen molar-refractivity contribution in [3.8, 4) is 17.2 Å². The highest BCUT2D eigenvalue weighted by molar-refractivity contribution is 6.45. The molecule has 0 bridgehead atoms. The number of ketones is 2. The van der Waals surface area contributed by atoms with Crippen molar-refractivity contribution >= 4 is 109 Å². The molecule has 108 heavy (non-hydrogen) atoms. The quantitative estimate of drug-likeness (QED) is 0.0334. The Morgan fingerprint density at radius 3 is 1.22 bits per heavy atom. The Hall–Kier alpha value is -9.46. The Morgan fingerprint density at radius 1 is 0.463 bits per heavy atom. The van der Waals surface area contributed by atoms with E-state index in [2.05, 4.69) is 69.8 Å². The Morgan fingerprint density at radius 2 is 0.833 bits per heavy atom. The standard InChI is InChI=1S/C28H34ClN5O4.C28H33ClN4O4.C24H28ClN3O2.C2H7N/c1-6-38-25-12-24-21(23(16-34(24)30)26(35)28(37)31(4)5)11-22(25)27(36)33-14-17(2)32(13-18(33)3)15-19-8-7-9-20(29)10-19;1-6-37-25-12-24-21(23(13-30-24)26(34)28(36)31(4)5)11-22(25)27(35)33-15-17(2)32(14-18(33)3)16-19-8-7-9-20(29)10-19;1-4-30-23-12-22-19(8-9-26-22)11-21(23)24(29)28-14-16(2)27(13-17(28)3)15-18-6-5-7-20(25)10-18;1-3-2/h7-12,16-18H,6,13-15,30H2,1-5H3;7-13,17-18,30H,6,14-16H2,1-5H3;5-12,16-17,26H,4,13-15H2,1-3H3;3H,1-2H3/t2*17-,18+;16-,17+;/m000./s1. The van der Waals surface area contributed by atoms with Gasteiger partial charge in [-0.1, -0.05) is 71.2 Å². The van der Waals surface area contributed by atoms with E-state index in [4.69, 9.17) is 54.9 Å². The lowest BCUT2D eigenvalue weighted by atomic mass is 10.0. The summed E-state index contributed by atoms with van der Waals surface area (Å²) in [6.07, 6.45) is 4.81. The molecule has 23 nitrogen and oxygen atoms in total. The summed E-state index contributed by atoms with van der Waals surface area (Å²) >= 11 is 18.5. The first-order chi connectivity index (χ1) is 51.5. The number of nitrogens with zero attached hydrogens (tertiary/aromatic N) is 9. The second kappa shape index (κ2) is 37.1. The normalized spacial score (nSPS) is 18.3. The molecule has 0 spiro atoms. The van der Waals surface area contributed by atoms with E-state index in [0.29, 0.717) is 118 Å². The van der Waals surface area contributed by atoms with E-state index >= 15 is 0 Å². The monoisotopic (exact) mass is 1530 g/mol. The van der Waals surface area contributed by atoms with Gasteiger partial charge in [0.05, 0.1) is 53.2 Å². The second-order valence-electron chi connectivity index (χ2n) is 28.3. The summed E-state index contributed by atoms with van der Waals surface area (Å²) in [5.41, 5.74) is 7.26. The highest BCUT2D eigenvalue weighted by Crippen LogP contribution is 2.36. The van der Waals surface area contributed by atoms with E-state index in [0.717, 1.165) is 53.2 Å². The van der Waals surface area contributed by atoms with Gasteiger partial charge in [0.25, 0.3) is 41.1 Å². The number of aromatic nitrogens is 3. The minimum absolute atomic E-state index is 0.0308. The molecule has 0 unspecified atom stereocenters. The molecule has 3 aromatic heterocycles. The minimum Gasteiger partial charge on any atom is -0.493 e. The number of aromatic amines is 2. The Kier molecular flexibility index (Phi) is 28.4. The number of likely N-dealkylation sites (N-methyl/N-ethyl adjacent to an activating group) is 2. The molecule has 5 amide bonds. The summed E-state index contributed by atoms with van der Waals surface area (Å²) in [7, 11) is 9.84. The van der Waals surface area contributed by atoms with Gasteiger partial charge in [0.2, 0.25) is 0 Å². The number of piperazine rings is 3. The van der Waals surface area contributed by atoms with Gasteiger partial charge in [0, 0.05) is 202 Å². The number of rotatable bonds is 19. The molecule has 0 aliphatic carbocycles. The van der Waals surface area contributed by atoms with Crippen LogP contribution in [0.1, 0.15) is 131 Å². The SMILES string of the molecule is CCOc1cc2[nH]cc(C(=O)C(=O)N(C)C)c2cc1C(=O)N1C[C@H](C)N(Cc2cccc(Cl)c2)C[C@H]1C.CCOc1cc2[nH]ccc2cc1C(=O)N1C[C@H](C)N(Cc2cccc(Cl)c2)C[C@H]1C.CCOc1cc2c(cc1C(=O)N1C[C@H](C)N(Cc3cccc(Cl)c3)C[C@H]1C)c(C(=O)C(=O)N(C)C)cn2N.CNC. The van der Waals surface area contributed by atoms with Gasteiger partial charge in [-0.05, 0) is 154 Å². The van der Waals surface area contributed by atoms with Crippen LogP contribution in [0.25, 0.3) is 32.7 Å². The molecule has 3 aliphatic rings. The largest absolute Gasteiger partial charge is 0.493 e. The highest BCUT2D eigenvalue weighted by Gasteiger charge is 2.38. The molecule has 5 N–H and O–H groups in total. The summed E-state index contributed by atoms with van der Waals surface area (Å²) in [6, 6.07) is 36.6. The molecule has 3 aliphatic heterocycles. The first-order valence-electron chi connectivity index (χ1n) is 36.6. The molecule has 0 radical (unpaired) electrons. The Labute approximate surface area is 648 Å². The van der Waals surface area contributed by atoms with Gasteiger partial charge in [0.1, 0.15) is 17.2 Å². The van der Waals surface area contributed by atoms with E-state index in [9.17, 15) is 33.6 Å². The number of amides is 5. The predicted molar refractivity (Wildman–Crippen MR) is 429 cm³/mol. The van der Waals surface area contributed by atoms with Crippen molar-refractivity contribution in [3.05, 3.63) is 193 Å². The Bertz CT molecular complexity index is 4710. The van der Waals surface area contributed by atoms with Crippen LogP contribution < -0.4 is 25.4 Å². The average Bonchev–Trinajstić information content (AvgIpc) is 1.56. The number of benzene rings is 6. The third-order valence-electron chi connectivity index (χ3n) is 19.6. The van der Waals surface area contributed by atoms with Crippen LogP contribution in [0.15, 0.2) is 134 Å². The fourth-order valence-electron chi connectivity index (χ4n) is 14.0. The number of H-pyrrole nitrogens is 2. The van der Waals surface area contributed by atoms with Crippen LogP contribution in [0.5, 0.6) is 17.2 Å². The molecule has 6 atom stereocenters. The zero-order chi connectivity index (χ0) is 78.5. The van der Waals surface area contributed by atoms with Crippen LogP contribution in [0.2, 0.25) is 15.1 Å². The molecule has 576 valence electrons. The number of carbonyl (C=O) groups is 7. The first-order valence-corrected chi connectivity index (χ1v) is 37.7. The van der Waals surface area contributed by atoms with Gasteiger partial charge in [-0.25, -0.2) is 0 Å². The van der Waals surface area contributed by atoms with E-state index in [1.54, 1.807) is 24.3 Å². The molecule has 3 fully saturated rings. The zero-order valence-electron chi connectivity index (χ0n) is 64.5. The van der Waals surface area contributed by atoms with Gasteiger partial charge in [-0.3, -0.25) is 52.9 Å². The van der Waals surface area contributed by atoms with Gasteiger partial charge in [-0.2, -0.15) is 0 Å². The van der Waals surface area contributed by atoms with Gasteiger partial charge < -0.3 is 59.8 Å². The van der Waals surface area contributed by atoms with E-state index in [1.165, 1.54) is 60.6 Å². The Balaban J connectivity index is 0.000000185. The van der Waals surface area contributed by atoms with Crippen LogP contribution in [-0.4, -0.2) is 233 Å². The van der Waals surface area contributed by atoms with Crippen LogP contribution in [0.4, 0.5) is 0 Å². The fraction of sp³-hybridized carbons (Fsp3) is 0.402. The van der Waals surface area contributed by atoms with Crippen molar-refractivity contribution in [3.63, 3.8) is 0 Å². The number of nitrogen functional groups attached to an aromatic ring is 1. The second-order valence-corrected chi connectivity index (χ2v) is 29.6. The van der Waals surface area contributed by atoms with Crippen molar-refractivity contribution in [2.45, 2.75) is 118 Å². The van der Waals surface area contributed by atoms with Crippen molar-refractivity contribution < 1.29 is 47.8 Å². The summed E-state index contributed by atoms with van der Waals surface area (Å²) in [6.45, 7) is 25.7. The fourth-order valence-corrected chi connectivity index (χ4v) is 14.7. The number of Topliss-reactive ketones (excluding diaryl/α,β-unsaturated/α-hetero) is 2. The molecular formula is C82H102Cl3N13O10. The third kappa shape index (κ3) is 19.5. The van der Waals surface area contributed by atoms with Crippen molar-refractivity contribution in [2.24, 2.45) is 0 Å². The smallest absolute Gasteiger partial charge is 0.294 e. The number of fused-ring (bicyclic) bond motifs is 3. The molecule has 6 heterocycles. The van der Waals surface area contributed by atoms with Gasteiger partial charge >= 0.3 is 0 Å². The molecule has 6 aromatic carbocycles. The predicted octanol–water partition coefficient (Wildman–Crippen LogP) is 12.4. The third-order valence-corrected chi connectivity index (χ3v) is 20.3. The van der Waals surface area contributed by atoms with E-state index < -0.39 is 23.4 Å². The lowest BCUT2D eigenvalue weighted by molar-refractivity contribution is -0.124. The lowest BCUT2D eigenvalue weighted by Crippen LogP contribution is -2.57. The van der Waals surface area contributed by atoms with E-state index in [-0.39, 0.29) is 65.1 Å². The molecule has 9 aromatic rings. The molecule has 26 heteroatoms. The van der Waals surface area contributed by atoms with Crippen LogP contribution in [-0.2, 0) is 29.2 Å².